The lowest BCUT2D eigenvalue weighted by atomic mass is 10.1. The van der Waals surface area contributed by atoms with Gasteiger partial charge in [-0.05, 0) is 36.5 Å². The van der Waals surface area contributed by atoms with Gasteiger partial charge in [0.1, 0.15) is 5.75 Å². The standard InChI is InChI=1S/C13H17N3OS/c1-10(14-8-12-9-18-16-15-12)7-11-5-3-4-6-13(11)17-2/h3-6,9-10,14H,7-8H2,1-2H3. The van der Waals surface area contributed by atoms with Gasteiger partial charge in [0.2, 0.25) is 0 Å². The van der Waals surface area contributed by atoms with Crippen molar-refractivity contribution in [2.75, 3.05) is 7.11 Å². The van der Waals surface area contributed by atoms with Crippen molar-refractivity contribution in [3.8, 4) is 5.75 Å². The minimum atomic E-state index is 0.364. The van der Waals surface area contributed by atoms with E-state index >= 15 is 0 Å². The van der Waals surface area contributed by atoms with Crippen molar-refractivity contribution in [1.29, 1.82) is 0 Å². The van der Waals surface area contributed by atoms with Crippen LogP contribution in [0.5, 0.6) is 5.75 Å². The zero-order valence-electron chi connectivity index (χ0n) is 10.6. The zero-order valence-corrected chi connectivity index (χ0v) is 11.4. The molecule has 0 bridgehead atoms. The van der Waals surface area contributed by atoms with E-state index < -0.39 is 0 Å². The molecule has 0 aliphatic rings. The Labute approximate surface area is 111 Å². The molecule has 0 aliphatic carbocycles. The number of hydrogen-bond acceptors (Lipinski definition) is 5. The first kappa shape index (κ1) is 13.0. The van der Waals surface area contributed by atoms with E-state index in [4.69, 9.17) is 4.74 Å². The number of ether oxygens (including phenoxy) is 1. The third-order valence-electron chi connectivity index (χ3n) is 2.76. The third-order valence-corrected chi connectivity index (χ3v) is 3.31. The van der Waals surface area contributed by atoms with Gasteiger partial charge >= 0.3 is 0 Å². The number of aromatic nitrogens is 2. The molecule has 0 saturated carbocycles. The number of benzene rings is 1. The van der Waals surface area contributed by atoms with Crippen molar-refractivity contribution in [2.45, 2.75) is 25.9 Å². The van der Waals surface area contributed by atoms with Crippen LogP contribution in [0.3, 0.4) is 0 Å². The fourth-order valence-corrected chi connectivity index (χ4v) is 2.26. The molecule has 0 fully saturated rings. The minimum Gasteiger partial charge on any atom is -0.496 e. The van der Waals surface area contributed by atoms with Gasteiger partial charge in [0.25, 0.3) is 0 Å². The average Bonchev–Trinajstić information content (AvgIpc) is 2.90. The molecule has 0 amide bonds. The molecule has 1 N–H and O–H groups in total. The molecular formula is C13H17N3OS. The molecule has 96 valence electrons. The molecule has 1 aromatic carbocycles. The second-order valence-corrected chi connectivity index (χ2v) is 4.80. The largest absolute Gasteiger partial charge is 0.496 e. The molecule has 4 nitrogen and oxygen atoms in total. The lowest BCUT2D eigenvalue weighted by molar-refractivity contribution is 0.406. The van der Waals surface area contributed by atoms with E-state index in [1.807, 2.05) is 23.6 Å². The number of nitrogens with one attached hydrogen (secondary N) is 1. The van der Waals surface area contributed by atoms with E-state index in [1.54, 1.807) is 7.11 Å². The summed E-state index contributed by atoms with van der Waals surface area (Å²) >= 11 is 1.38. The number of methoxy groups -OCH3 is 1. The Hall–Kier alpha value is -1.46. The van der Waals surface area contributed by atoms with E-state index in [-0.39, 0.29) is 0 Å². The Morgan fingerprint density at radius 2 is 2.22 bits per heavy atom. The lowest BCUT2D eigenvalue weighted by Gasteiger charge is -2.15. The van der Waals surface area contributed by atoms with Crippen LogP contribution in [0.2, 0.25) is 0 Å². The summed E-state index contributed by atoms with van der Waals surface area (Å²) in [5.74, 6) is 0.946. The molecule has 2 aromatic rings. The van der Waals surface area contributed by atoms with Crippen molar-refractivity contribution in [1.82, 2.24) is 14.9 Å². The molecule has 1 aromatic heterocycles. The summed E-state index contributed by atoms with van der Waals surface area (Å²) < 4.78 is 9.19. The quantitative estimate of drug-likeness (QED) is 0.868. The van der Waals surface area contributed by atoms with Crippen LogP contribution >= 0.6 is 11.5 Å². The van der Waals surface area contributed by atoms with Crippen LogP contribution in [0.15, 0.2) is 29.6 Å². The van der Waals surface area contributed by atoms with Crippen molar-refractivity contribution in [3.05, 3.63) is 40.9 Å². The van der Waals surface area contributed by atoms with E-state index in [1.165, 1.54) is 17.1 Å². The van der Waals surface area contributed by atoms with Crippen LogP contribution in [0.25, 0.3) is 0 Å². The second kappa shape index (κ2) is 6.47. The first-order chi connectivity index (χ1) is 8.79. The Morgan fingerprint density at radius 3 is 2.94 bits per heavy atom. The molecular weight excluding hydrogens is 246 g/mol. The molecule has 1 atom stereocenters. The van der Waals surface area contributed by atoms with Crippen LogP contribution in [0, 0.1) is 0 Å². The Bertz CT molecular complexity index is 473. The Kier molecular flexibility index (Phi) is 4.66. The normalized spacial score (nSPS) is 12.3. The van der Waals surface area contributed by atoms with E-state index in [2.05, 4.69) is 27.9 Å². The third kappa shape index (κ3) is 3.51. The highest BCUT2D eigenvalue weighted by molar-refractivity contribution is 7.03. The summed E-state index contributed by atoms with van der Waals surface area (Å²) in [6.07, 6.45) is 0.932. The number of rotatable bonds is 6. The van der Waals surface area contributed by atoms with Crippen LogP contribution < -0.4 is 10.1 Å². The molecule has 0 aliphatic heterocycles. The first-order valence-electron chi connectivity index (χ1n) is 5.91. The molecule has 0 spiro atoms. The lowest BCUT2D eigenvalue weighted by Crippen LogP contribution is -2.27. The first-order valence-corrected chi connectivity index (χ1v) is 6.74. The predicted molar refractivity (Wildman–Crippen MR) is 72.9 cm³/mol. The van der Waals surface area contributed by atoms with Crippen LogP contribution in [-0.2, 0) is 13.0 Å². The SMILES string of the molecule is COc1ccccc1CC(C)NCc1csnn1. The predicted octanol–water partition coefficient (Wildman–Crippen LogP) is 2.27. The van der Waals surface area contributed by atoms with Gasteiger partial charge in [0.15, 0.2) is 0 Å². The number of hydrogen-bond donors (Lipinski definition) is 1. The maximum atomic E-state index is 5.35. The van der Waals surface area contributed by atoms with Gasteiger partial charge in [0.05, 0.1) is 12.8 Å². The second-order valence-electron chi connectivity index (χ2n) is 4.19. The minimum absolute atomic E-state index is 0.364. The van der Waals surface area contributed by atoms with E-state index in [0.29, 0.717) is 6.04 Å². The Morgan fingerprint density at radius 1 is 1.39 bits per heavy atom. The van der Waals surface area contributed by atoms with Gasteiger partial charge in [0, 0.05) is 18.0 Å². The highest BCUT2D eigenvalue weighted by Crippen LogP contribution is 2.18. The zero-order chi connectivity index (χ0) is 12.8. The Balaban J connectivity index is 1.88. The summed E-state index contributed by atoms with van der Waals surface area (Å²) in [5.41, 5.74) is 2.21. The fourth-order valence-electron chi connectivity index (χ4n) is 1.81. The molecule has 18 heavy (non-hydrogen) atoms. The van der Waals surface area contributed by atoms with Crippen LogP contribution in [-0.4, -0.2) is 22.7 Å². The van der Waals surface area contributed by atoms with Crippen LogP contribution in [0.1, 0.15) is 18.2 Å². The average molecular weight is 263 g/mol. The van der Waals surface area contributed by atoms with Gasteiger partial charge in [-0.3, -0.25) is 0 Å². The summed E-state index contributed by atoms with van der Waals surface area (Å²) in [6.45, 7) is 2.92. The number of para-hydroxylation sites is 1. The van der Waals surface area contributed by atoms with Crippen molar-refractivity contribution >= 4 is 11.5 Å². The van der Waals surface area contributed by atoms with E-state index in [9.17, 15) is 0 Å². The molecule has 0 saturated heterocycles. The highest BCUT2D eigenvalue weighted by Gasteiger charge is 2.08. The van der Waals surface area contributed by atoms with E-state index in [0.717, 1.165) is 24.4 Å². The molecule has 5 heteroatoms. The summed E-state index contributed by atoms with van der Waals surface area (Å²) in [5, 5.41) is 9.40. The topological polar surface area (TPSA) is 47.0 Å². The number of nitrogens with zero attached hydrogens (tertiary/aromatic N) is 2. The van der Waals surface area contributed by atoms with Crippen molar-refractivity contribution in [2.24, 2.45) is 0 Å². The molecule has 1 unspecified atom stereocenters. The van der Waals surface area contributed by atoms with Crippen molar-refractivity contribution < 1.29 is 4.74 Å². The summed E-state index contributed by atoms with van der Waals surface area (Å²) in [4.78, 5) is 0. The molecule has 0 radical (unpaired) electrons. The fraction of sp³-hybridized carbons (Fsp3) is 0.385. The monoisotopic (exact) mass is 263 g/mol. The highest BCUT2D eigenvalue weighted by atomic mass is 32.1. The van der Waals surface area contributed by atoms with Crippen molar-refractivity contribution in [3.63, 3.8) is 0 Å². The molecule has 1 heterocycles. The smallest absolute Gasteiger partial charge is 0.122 e. The molecule has 2 rings (SSSR count). The maximum absolute atomic E-state index is 5.35. The van der Waals surface area contributed by atoms with Gasteiger partial charge < -0.3 is 10.1 Å². The maximum Gasteiger partial charge on any atom is 0.122 e. The van der Waals surface area contributed by atoms with Gasteiger partial charge in [-0.15, -0.1) is 5.10 Å². The summed E-state index contributed by atoms with van der Waals surface area (Å²) in [6, 6.07) is 8.48. The van der Waals surface area contributed by atoms with Crippen LogP contribution in [0.4, 0.5) is 0 Å². The van der Waals surface area contributed by atoms with Gasteiger partial charge in [-0.25, -0.2) is 0 Å². The van der Waals surface area contributed by atoms with Gasteiger partial charge in [-0.1, -0.05) is 22.7 Å². The van der Waals surface area contributed by atoms with Gasteiger partial charge in [-0.2, -0.15) is 0 Å². The summed E-state index contributed by atoms with van der Waals surface area (Å²) in [7, 11) is 1.71.